The maximum absolute atomic E-state index is 12.8. The summed E-state index contributed by atoms with van der Waals surface area (Å²) < 4.78 is 0. The molecule has 10 heteroatoms. The number of thiazole rings is 1. The highest BCUT2D eigenvalue weighted by molar-refractivity contribution is 7.14. The van der Waals surface area contributed by atoms with Gasteiger partial charge in [-0.3, -0.25) is 14.5 Å². The lowest BCUT2D eigenvalue weighted by Crippen LogP contribution is -2.28. The Balaban J connectivity index is 1.67. The molecule has 1 N–H and O–H groups in total. The second-order valence-corrected chi connectivity index (χ2v) is 7.51. The molecule has 0 saturated carbocycles. The standard InChI is InChI=1S/C21H17N7O2S/c1-12-4-14(6-22)8-24-17(12)19(29)26-10-16-11-31-21(27-16)28(3)20(30)18-13(2)5-15(7-23)9-25-18/h4-5,8-9,11H,10H2,1-3H3,(H,26,29). The van der Waals surface area contributed by atoms with Gasteiger partial charge >= 0.3 is 0 Å². The molecule has 0 saturated heterocycles. The zero-order chi connectivity index (χ0) is 22.5. The van der Waals surface area contributed by atoms with Gasteiger partial charge in [0, 0.05) is 24.8 Å². The molecule has 0 fully saturated rings. The number of rotatable bonds is 5. The van der Waals surface area contributed by atoms with Gasteiger partial charge in [0.15, 0.2) is 5.13 Å². The Hall–Kier alpha value is -4.15. The quantitative estimate of drug-likeness (QED) is 0.655. The Morgan fingerprint density at radius 1 is 1.06 bits per heavy atom. The van der Waals surface area contributed by atoms with E-state index in [4.69, 9.17) is 10.5 Å². The Kier molecular flexibility index (Phi) is 6.34. The molecular formula is C21H17N7O2S. The third-order valence-corrected chi connectivity index (χ3v) is 5.36. The normalized spacial score (nSPS) is 10.1. The number of nitriles is 2. The zero-order valence-corrected chi connectivity index (χ0v) is 17.8. The fourth-order valence-electron chi connectivity index (χ4n) is 2.77. The molecule has 3 rings (SSSR count). The number of carbonyl (C=O) groups is 2. The van der Waals surface area contributed by atoms with Crippen LogP contribution in [-0.4, -0.2) is 33.8 Å². The maximum Gasteiger partial charge on any atom is 0.278 e. The van der Waals surface area contributed by atoms with Gasteiger partial charge in [-0.15, -0.1) is 11.3 Å². The van der Waals surface area contributed by atoms with E-state index >= 15 is 0 Å². The molecular weight excluding hydrogens is 414 g/mol. The minimum Gasteiger partial charge on any atom is -0.345 e. The fraction of sp³-hybridized carbons (Fsp3) is 0.190. The van der Waals surface area contributed by atoms with Gasteiger partial charge in [-0.2, -0.15) is 10.5 Å². The molecule has 0 aliphatic carbocycles. The van der Waals surface area contributed by atoms with Gasteiger partial charge in [0.05, 0.1) is 23.4 Å². The second kappa shape index (κ2) is 9.11. The molecule has 0 bridgehead atoms. The van der Waals surface area contributed by atoms with E-state index in [1.54, 1.807) is 38.4 Å². The zero-order valence-electron chi connectivity index (χ0n) is 17.0. The smallest absolute Gasteiger partial charge is 0.278 e. The average molecular weight is 431 g/mol. The molecule has 31 heavy (non-hydrogen) atoms. The molecule has 0 unspecified atom stereocenters. The van der Waals surface area contributed by atoms with Crippen molar-refractivity contribution >= 4 is 28.3 Å². The van der Waals surface area contributed by atoms with Crippen LogP contribution in [0.1, 0.15) is 48.9 Å². The molecule has 3 aromatic rings. The summed E-state index contributed by atoms with van der Waals surface area (Å²) in [6.45, 7) is 3.59. The molecule has 0 atom stereocenters. The number of carbonyl (C=O) groups excluding carboxylic acids is 2. The van der Waals surface area contributed by atoms with E-state index < -0.39 is 0 Å². The van der Waals surface area contributed by atoms with Crippen LogP contribution in [0, 0.1) is 36.5 Å². The van der Waals surface area contributed by atoms with Crippen molar-refractivity contribution in [1.29, 1.82) is 10.5 Å². The first-order valence-corrected chi connectivity index (χ1v) is 9.96. The Labute approximate surface area is 182 Å². The number of aryl methyl sites for hydroxylation is 2. The molecule has 3 heterocycles. The third kappa shape index (κ3) is 4.71. The lowest BCUT2D eigenvalue weighted by molar-refractivity contribution is 0.0943. The van der Waals surface area contributed by atoms with E-state index in [1.165, 1.54) is 28.6 Å². The van der Waals surface area contributed by atoms with Crippen LogP contribution in [-0.2, 0) is 6.54 Å². The SMILES string of the molecule is Cc1cc(C#N)cnc1C(=O)NCc1csc(N(C)C(=O)c2ncc(C#N)cc2C)n1. The van der Waals surface area contributed by atoms with E-state index in [-0.39, 0.29) is 29.7 Å². The number of nitrogens with one attached hydrogen (secondary N) is 1. The van der Waals surface area contributed by atoms with Crippen molar-refractivity contribution in [1.82, 2.24) is 20.3 Å². The lowest BCUT2D eigenvalue weighted by atomic mass is 10.1. The first-order chi connectivity index (χ1) is 14.8. The number of anilines is 1. The van der Waals surface area contributed by atoms with Crippen LogP contribution in [0.5, 0.6) is 0 Å². The molecule has 154 valence electrons. The van der Waals surface area contributed by atoms with Gasteiger partial charge in [-0.05, 0) is 37.1 Å². The summed E-state index contributed by atoms with van der Waals surface area (Å²) in [5.74, 6) is -0.720. The largest absolute Gasteiger partial charge is 0.345 e. The first kappa shape index (κ1) is 21.6. The highest BCUT2D eigenvalue weighted by atomic mass is 32.1. The molecule has 9 nitrogen and oxygen atoms in total. The van der Waals surface area contributed by atoms with Gasteiger partial charge in [-0.25, -0.2) is 15.0 Å². The van der Waals surface area contributed by atoms with Gasteiger partial charge in [0.2, 0.25) is 0 Å². The number of pyridine rings is 2. The monoisotopic (exact) mass is 431 g/mol. The van der Waals surface area contributed by atoms with Crippen LogP contribution in [0.3, 0.4) is 0 Å². The second-order valence-electron chi connectivity index (χ2n) is 6.67. The number of hydrogen-bond donors (Lipinski definition) is 1. The van der Waals surface area contributed by atoms with E-state index in [9.17, 15) is 9.59 Å². The van der Waals surface area contributed by atoms with Crippen molar-refractivity contribution < 1.29 is 9.59 Å². The lowest BCUT2D eigenvalue weighted by Gasteiger charge is -2.14. The summed E-state index contributed by atoms with van der Waals surface area (Å²) in [4.78, 5) is 39.1. The van der Waals surface area contributed by atoms with Crippen LogP contribution in [0.2, 0.25) is 0 Å². The van der Waals surface area contributed by atoms with Crippen LogP contribution >= 0.6 is 11.3 Å². The summed E-state index contributed by atoms with van der Waals surface area (Å²) in [6.07, 6.45) is 2.71. The van der Waals surface area contributed by atoms with Crippen LogP contribution in [0.15, 0.2) is 29.9 Å². The number of nitrogens with zero attached hydrogens (tertiary/aromatic N) is 6. The van der Waals surface area contributed by atoms with Gasteiger partial charge in [0.1, 0.15) is 23.5 Å². The highest BCUT2D eigenvalue weighted by Crippen LogP contribution is 2.22. The van der Waals surface area contributed by atoms with Crippen LogP contribution < -0.4 is 10.2 Å². The van der Waals surface area contributed by atoms with E-state index in [0.717, 1.165) is 0 Å². The predicted octanol–water partition coefficient (Wildman–Crippen LogP) is 2.50. The van der Waals surface area contributed by atoms with Crippen molar-refractivity contribution in [3.05, 3.63) is 69.2 Å². The van der Waals surface area contributed by atoms with Crippen LogP contribution in [0.25, 0.3) is 0 Å². The van der Waals surface area contributed by atoms with E-state index in [2.05, 4.69) is 20.3 Å². The van der Waals surface area contributed by atoms with Gasteiger partial charge in [0.25, 0.3) is 11.8 Å². The van der Waals surface area contributed by atoms with Gasteiger partial charge in [-0.1, -0.05) is 0 Å². The predicted molar refractivity (Wildman–Crippen MR) is 113 cm³/mol. The highest BCUT2D eigenvalue weighted by Gasteiger charge is 2.20. The third-order valence-electron chi connectivity index (χ3n) is 4.39. The summed E-state index contributed by atoms with van der Waals surface area (Å²) in [5.41, 5.74) is 3.05. The molecule has 2 amide bonds. The Morgan fingerprint density at radius 3 is 2.19 bits per heavy atom. The van der Waals surface area contributed by atoms with Crippen LogP contribution in [0.4, 0.5) is 5.13 Å². The Bertz CT molecular complexity index is 1250. The molecule has 0 radical (unpaired) electrons. The molecule has 3 aromatic heterocycles. The molecule has 0 aliphatic heterocycles. The summed E-state index contributed by atoms with van der Waals surface area (Å²) in [6, 6.07) is 7.18. The summed E-state index contributed by atoms with van der Waals surface area (Å²) >= 11 is 1.26. The average Bonchev–Trinajstić information content (AvgIpc) is 3.25. The van der Waals surface area contributed by atoms with E-state index in [0.29, 0.717) is 33.1 Å². The maximum atomic E-state index is 12.8. The first-order valence-electron chi connectivity index (χ1n) is 9.08. The summed E-state index contributed by atoms with van der Waals surface area (Å²) in [5, 5.41) is 22.8. The van der Waals surface area contributed by atoms with Crippen molar-refractivity contribution in [3.63, 3.8) is 0 Å². The van der Waals surface area contributed by atoms with Crippen molar-refractivity contribution in [2.24, 2.45) is 0 Å². The minimum atomic E-state index is -0.377. The molecule has 0 aromatic carbocycles. The van der Waals surface area contributed by atoms with E-state index in [1.807, 2.05) is 12.1 Å². The Morgan fingerprint density at radius 2 is 1.65 bits per heavy atom. The van der Waals surface area contributed by atoms with Crippen molar-refractivity contribution in [2.45, 2.75) is 20.4 Å². The number of hydrogen-bond acceptors (Lipinski definition) is 8. The van der Waals surface area contributed by atoms with Crippen molar-refractivity contribution in [3.8, 4) is 12.1 Å². The summed E-state index contributed by atoms with van der Waals surface area (Å²) in [7, 11) is 1.59. The number of amides is 2. The minimum absolute atomic E-state index is 0.159. The number of aromatic nitrogens is 3. The van der Waals surface area contributed by atoms with Crippen molar-refractivity contribution in [2.75, 3.05) is 11.9 Å². The van der Waals surface area contributed by atoms with Gasteiger partial charge < -0.3 is 5.32 Å². The molecule has 0 aliphatic rings. The molecule has 0 spiro atoms. The fourth-order valence-corrected chi connectivity index (χ4v) is 3.55. The topological polar surface area (TPSA) is 136 Å².